The summed E-state index contributed by atoms with van der Waals surface area (Å²) in [6.45, 7) is 0. The first kappa shape index (κ1) is 14.6. The van der Waals surface area contributed by atoms with Gasteiger partial charge in [0, 0.05) is 22.2 Å². The number of hydrogen-bond donors (Lipinski definition) is 1. The highest BCUT2D eigenvalue weighted by Crippen LogP contribution is 2.54. The van der Waals surface area contributed by atoms with Gasteiger partial charge in [0.2, 0.25) is 11.7 Å². The molecule has 1 saturated carbocycles. The molecule has 0 radical (unpaired) electrons. The summed E-state index contributed by atoms with van der Waals surface area (Å²) in [5, 5.41) is 10.4. The van der Waals surface area contributed by atoms with E-state index >= 15 is 0 Å². The van der Waals surface area contributed by atoms with Crippen LogP contribution < -0.4 is 5.69 Å². The first-order chi connectivity index (χ1) is 12.2. The van der Waals surface area contributed by atoms with Gasteiger partial charge < -0.3 is 4.52 Å². The number of nitrogens with zero attached hydrogens (tertiary/aromatic N) is 4. The summed E-state index contributed by atoms with van der Waals surface area (Å²) in [5.41, 5.74) is 2.30. The summed E-state index contributed by atoms with van der Waals surface area (Å²) >= 11 is 3.45. The van der Waals surface area contributed by atoms with Crippen LogP contribution in [0.15, 0.2) is 56.4 Å². The predicted octanol–water partition coefficient (Wildman–Crippen LogP) is 3.11. The van der Waals surface area contributed by atoms with Crippen LogP contribution in [0.1, 0.15) is 29.7 Å². The summed E-state index contributed by atoms with van der Waals surface area (Å²) in [6, 6.07) is 11.9. The van der Waals surface area contributed by atoms with Crippen molar-refractivity contribution in [3.05, 3.63) is 69.0 Å². The second kappa shape index (κ2) is 5.38. The fourth-order valence-corrected chi connectivity index (χ4v) is 3.36. The van der Waals surface area contributed by atoms with E-state index in [1.54, 1.807) is 18.3 Å². The first-order valence-corrected chi connectivity index (χ1v) is 8.64. The predicted molar refractivity (Wildman–Crippen MR) is 93.3 cm³/mol. The van der Waals surface area contributed by atoms with Gasteiger partial charge in [-0.15, -0.1) is 0 Å². The minimum atomic E-state index is -0.273. The first-order valence-electron chi connectivity index (χ1n) is 7.85. The van der Waals surface area contributed by atoms with Crippen LogP contribution in [0, 0.1) is 0 Å². The largest absolute Gasteiger partial charge is 0.347 e. The Balaban J connectivity index is 1.41. The third kappa shape index (κ3) is 2.49. The van der Waals surface area contributed by atoms with Crippen LogP contribution in [0.3, 0.4) is 0 Å². The lowest BCUT2D eigenvalue weighted by atomic mass is 10.1. The van der Waals surface area contributed by atoms with Gasteiger partial charge in [0.25, 0.3) is 0 Å². The molecule has 25 heavy (non-hydrogen) atoms. The molecule has 1 N–H and O–H groups in total. The average molecular weight is 398 g/mol. The zero-order valence-electron chi connectivity index (χ0n) is 12.9. The monoisotopic (exact) mass is 397 g/mol. The lowest BCUT2D eigenvalue weighted by Gasteiger charge is -1.98. The summed E-state index contributed by atoms with van der Waals surface area (Å²) < 4.78 is 7.96. The Hall–Kier alpha value is -2.74. The molecule has 1 aromatic carbocycles. The van der Waals surface area contributed by atoms with E-state index in [1.807, 2.05) is 12.1 Å². The maximum atomic E-state index is 11.5. The van der Waals surface area contributed by atoms with E-state index in [2.05, 4.69) is 48.4 Å². The average Bonchev–Trinajstić information content (AvgIpc) is 3.11. The third-order valence-corrected chi connectivity index (χ3v) is 5.05. The molecule has 4 aromatic rings. The molecule has 7 nitrogen and oxygen atoms in total. The van der Waals surface area contributed by atoms with Gasteiger partial charge in [-0.05, 0) is 42.2 Å². The standard InChI is InChI=1S/C17H12BrN5O2/c18-11-3-1-9(2-4-11)12-8-13(12)16-19-15(22-25-16)10-5-6-23-14(7-10)20-21-17(23)24/h1-7,12-13H,8H2,(H,21,24)/t12-,13+/m0/s1. The van der Waals surface area contributed by atoms with Gasteiger partial charge in [0.15, 0.2) is 5.65 Å². The van der Waals surface area contributed by atoms with Crippen LogP contribution in [-0.4, -0.2) is 24.7 Å². The van der Waals surface area contributed by atoms with E-state index in [0.717, 1.165) is 16.5 Å². The number of H-pyrrole nitrogens is 1. The Morgan fingerprint density at radius 2 is 2.04 bits per heavy atom. The number of aromatic nitrogens is 5. The highest BCUT2D eigenvalue weighted by Gasteiger charge is 2.43. The van der Waals surface area contributed by atoms with E-state index < -0.39 is 0 Å². The van der Waals surface area contributed by atoms with Crippen molar-refractivity contribution in [2.24, 2.45) is 0 Å². The summed E-state index contributed by atoms with van der Waals surface area (Å²) in [4.78, 5) is 16.0. The molecule has 5 rings (SSSR count). The lowest BCUT2D eigenvalue weighted by Crippen LogP contribution is -2.08. The van der Waals surface area contributed by atoms with Gasteiger partial charge in [-0.25, -0.2) is 9.89 Å². The molecule has 3 heterocycles. The van der Waals surface area contributed by atoms with Crippen molar-refractivity contribution in [1.29, 1.82) is 0 Å². The molecule has 0 unspecified atom stereocenters. The van der Waals surface area contributed by atoms with E-state index in [0.29, 0.717) is 23.3 Å². The highest BCUT2D eigenvalue weighted by molar-refractivity contribution is 9.10. The van der Waals surface area contributed by atoms with Gasteiger partial charge in [-0.1, -0.05) is 33.2 Å². The number of rotatable bonds is 3. The summed E-state index contributed by atoms with van der Waals surface area (Å²) in [5.74, 6) is 1.85. The minimum absolute atomic E-state index is 0.263. The van der Waals surface area contributed by atoms with Crippen molar-refractivity contribution in [3.8, 4) is 11.4 Å². The smallest absolute Gasteiger partial charge is 0.339 e. The molecule has 1 aliphatic carbocycles. The number of nitrogens with one attached hydrogen (secondary N) is 1. The Morgan fingerprint density at radius 1 is 1.20 bits per heavy atom. The molecule has 1 aliphatic rings. The molecule has 0 saturated heterocycles. The van der Waals surface area contributed by atoms with Crippen LogP contribution in [0.5, 0.6) is 0 Å². The molecule has 0 spiro atoms. The number of hydrogen-bond acceptors (Lipinski definition) is 5. The van der Waals surface area contributed by atoms with Gasteiger partial charge >= 0.3 is 5.69 Å². The quantitative estimate of drug-likeness (QED) is 0.573. The Labute approximate surface area is 149 Å². The maximum absolute atomic E-state index is 11.5. The maximum Gasteiger partial charge on any atom is 0.347 e. The minimum Gasteiger partial charge on any atom is -0.339 e. The molecular weight excluding hydrogens is 386 g/mol. The van der Waals surface area contributed by atoms with Crippen molar-refractivity contribution in [2.75, 3.05) is 0 Å². The molecule has 124 valence electrons. The van der Waals surface area contributed by atoms with E-state index in [9.17, 15) is 4.79 Å². The Morgan fingerprint density at radius 3 is 2.88 bits per heavy atom. The van der Waals surface area contributed by atoms with Crippen molar-refractivity contribution in [1.82, 2.24) is 24.7 Å². The van der Waals surface area contributed by atoms with Crippen molar-refractivity contribution < 1.29 is 4.52 Å². The van der Waals surface area contributed by atoms with Crippen LogP contribution in [0.2, 0.25) is 0 Å². The van der Waals surface area contributed by atoms with Crippen molar-refractivity contribution in [2.45, 2.75) is 18.3 Å². The molecule has 0 bridgehead atoms. The SMILES string of the molecule is O=c1[nH]nc2cc(-c3noc([C@@H]4C[C@H]4c4ccc(Br)cc4)n3)ccn12. The summed E-state index contributed by atoms with van der Waals surface area (Å²) in [6.07, 6.45) is 2.66. The fraction of sp³-hybridized carbons (Fsp3) is 0.176. The summed E-state index contributed by atoms with van der Waals surface area (Å²) in [7, 11) is 0. The number of pyridine rings is 1. The fourth-order valence-electron chi connectivity index (χ4n) is 3.09. The van der Waals surface area contributed by atoms with E-state index in [-0.39, 0.29) is 11.6 Å². The number of benzene rings is 1. The van der Waals surface area contributed by atoms with Gasteiger partial charge in [0.1, 0.15) is 0 Å². The van der Waals surface area contributed by atoms with Crippen molar-refractivity contribution >= 4 is 21.6 Å². The second-order valence-electron chi connectivity index (χ2n) is 6.13. The van der Waals surface area contributed by atoms with E-state index in [1.165, 1.54) is 9.96 Å². The van der Waals surface area contributed by atoms with Crippen molar-refractivity contribution in [3.63, 3.8) is 0 Å². The Bertz CT molecular complexity index is 1130. The highest BCUT2D eigenvalue weighted by atomic mass is 79.9. The number of aromatic amines is 1. The van der Waals surface area contributed by atoms with Gasteiger partial charge in [-0.3, -0.25) is 4.40 Å². The van der Waals surface area contributed by atoms with Crippen LogP contribution in [0.25, 0.3) is 17.0 Å². The Kier molecular flexibility index (Phi) is 3.14. The third-order valence-electron chi connectivity index (χ3n) is 4.53. The van der Waals surface area contributed by atoms with Gasteiger partial charge in [-0.2, -0.15) is 10.1 Å². The number of fused-ring (bicyclic) bond motifs is 1. The molecule has 2 atom stereocenters. The van der Waals surface area contributed by atoms with E-state index in [4.69, 9.17) is 4.52 Å². The molecule has 0 aliphatic heterocycles. The van der Waals surface area contributed by atoms with Crippen LogP contribution in [-0.2, 0) is 0 Å². The molecule has 3 aromatic heterocycles. The zero-order valence-corrected chi connectivity index (χ0v) is 14.5. The molecule has 0 amide bonds. The zero-order chi connectivity index (χ0) is 17.0. The number of halogens is 1. The molecular formula is C17H12BrN5O2. The molecule has 8 heteroatoms. The van der Waals surface area contributed by atoms with Gasteiger partial charge in [0.05, 0.1) is 0 Å². The van der Waals surface area contributed by atoms with Crippen LogP contribution in [0.4, 0.5) is 0 Å². The normalized spacial score (nSPS) is 19.4. The topological polar surface area (TPSA) is 89.1 Å². The van der Waals surface area contributed by atoms with Crippen LogP contribution >= 0.6 is 15.9 Å². The lowest BCUT2D eigenvalue weighted by molar-refractivity contribution is 0.378. The molecule has 1 fully saturated rings. The second-order valence-corrected chi connectivity index (χ2v) is 7.04.